The van der Waals surface area contributed by atoms with E-state index in [4.69, 9.17) is 81.7 Å². The van der Waals surface area contributed by atoms with Gasteiger partial charge in [0.05, 0.1) is 58.8 Å². The van der Waals surface area contributed by atoms with Crippen molar-refractivity contribution in [3.05, 3.63) is 0 Å². The molecule has 0 fully saturated rings. The van der Waals surface area contributed by atoms with Gasteiger partial charge >= 0.3 is 77.3 Å². The summed E-state index contributed by atoms with van der Waals surface area (Å²) in [5, 5.41) is 147. The van der Waals surface area contributed by atoms with E-state index >= 15 is 0 Å². The minimum absolute atomic E-state index is 0. The third-order valence-electron chi connectivity index (χ3n) is 6.20. The summed E-state index contributed by atoms with van der Waals surface area (Å²) in [6.45, 7) is -1.84. The largest absolute Gasteiger partial charge is 1.00 e. The van der Waals surface area contributed by atoms with E-state index in [1.165, 1.54) is 0 Å². The Hall–Kier alpha value is -3.72. The van der Waals surface area contributed by atoms with E-state index in [9.17, 15) is 43.5 Å². The Morgan fingerprint density at radius 1 is 0.509 bits per heavy atom. The normalized spacial score (nSPS) is 12.8. The molecule has 0 aliphatic heterocycles. The zero-order chi connectivity index (χ0) is 44.8. The molecule has 328 valence electrons. The SMILES string of the molecule is O=C(O)C(O)C(O)C(O)C(O)CO.O=C(O)CC(O)(CC(=O)O)C(=O)O.O=C(O)CN(CCN(CC(=O)O)CC(=O)O)CC(=O)O.[Na+].[O-]CCN(CCO)CCO. The number of aliphatic hydroxyl groups is 8. The van der Waals surface area contributed by atoms with Gasteiger partial charge in [-0.1, -0.05) is 0 Å². The molecule has 57 heavy (non-hydrogen) atoms. The van der Waals surface area contributed by atoms with Gasteiger partial charge in [0, 0.05) is 26.2 Å². The summed E-state index contributed by atoms with van der Waals surface area (Å²) in [6, 6.07) is 0. The molecule has 0 bridgehead atoms. The molecular weight excluding hydrogens is 801 g/mol. The van der Waals surface area contributed by atoms with Crippen molar-refractivity contribution in [2.75, 3.05) is 85.3 Å². The second kappa shape index (κ2) is 35.4. The number of carboxylic acid groups (broad SMARTS) is 8. The van der Waals surface area contributed by atoms with Crippen LogP contribution in [-0.2, 0) is 38.4 Å². The van der Waals surface area contributed by atoms with Crippen molar-refractivity contribution >= 4 is 47.8 Å². The van der Waals surface area contributed by atoms with Crippen molar-refractivity contribution in [1.82, 2.24) is 14.7 Å². The number of carbonyl (C=O) groups is 8. The van der Waals surface area contributed by atoms with Crippen molar-refractivity contribution in [3.63, 3.8) is 0 Å². The third kappa shape index (κ3) is 36.4. The van der Waals surface area contributed by atoms with Crippen LogP contribution in [0.5, 0.6) is 0 Å². The second-order valence-corrected chi connectivity index (χ2v) is 11.0. The van der Waals surface area contributed by atoms with Gasteiger partial charge in [-0.2, -0.15) is 0 Å². The maximum atomic E-state index is 10.6. The van der Waals surface area contributed by atoms with Crippen molar-refractivity contribution in [2.24, 2.45) is 0 Å². The molecule has 0 amide bonds. The molecule has 0 aliphatic rings. The number of carboxylic acids is 8. The molecule has 0 aliphatic carbocycles. The van der Waals surface area contributed by atoms with Crippen LogP contribution >= 0.6 is 0 Å². The fourth-order valence-corrected chi connectivity index (χ4v) is 3.61. The smallest absolute Gasteiger partial charge is 0.854 e. The third-order valence-corrected chi connectivity index (χ3v) is 6.20. The van der Waals surface area contributed by atoms with Gasteiger partial charge in [0.1, 0.15) is 18.3 Å². The Balaban J connectivity index is -0.000000217. The number of rotatable bonds is 27. The Morgan fingerprint density at radius 3 is 1.05 bits per heavy atom. The van der Waals surface area contributed by atoms with Crippen LogP contribution in [-0.4, -0.2) is 260 Å². The van der Waals surface area contributed by atoms with Gasteiger partial charge in [-0.15, -0.1) is 6.61 Å². The Labute approximate surface area is 344 Å². The fourth-order valence-electron chi connectivity index (χ4n) is 3.61. The topological polar surface area (TPSA) is 493 Å². The summed E-state index contributed by atoms with van der Waals surface area (Å²) in [7, 11) is 0. The molecule has 4 unspecified atom stereocenters. The van der Waals surface area contributed by atoms with Gasteiger partial charge in [0.15, 0.2) is 11.7 Å². The first-order chi connectivity index (χ1) is 25.7. The van der Waals surface area contributed by atoms with Gasteiger partial charge in [0.25, 0.3) is 0 Å². The van der Waals surface area contributed by atoms with Crippen molar-refractivity contribution in [3.8, 4) is 0 Å². The average Bonchev–Trinajstić information content (AvgIpc) is 3.05. The summed E-state index contributed by atoms with van der Waals surface area (Å²) in [4.78, 5) is 86.7. The Kier molecular flexibility index (Phi) is 38.8. The van der Waals surface area contributed by atoms with Gasteiger partial charge in [-0.3, -0.25) is 38.6 Å². The maximum absolute atomic E-state index is 10.6. The quantitative estimate of drug-likeness (QED) is 0.0341. The standard InChI is InChI=1S/C10H16N2O8.C6H14NO3.C6H8O7.C6H12O7.Na/c13-7(14)3-11(4-8(15)16)1-2-12(5-9(17)18)6-10(19)20;8-4-1-7(2-5-9)3-6-10;7-3(8)1-6(13,5(11)12)2-4(9)10;7-1-2(8)3(9)4(10)5(11)6(12)13;/h1-6H2,(H,13,14)(H,15,16)(H,17,18)(H,19,20);8-9H,1-6H2;13H,1-2H2,(H,7,8)(H,9,10)(H,11,12);2-5,7-11H,1H2,(H,12,13);/q;-1;;;+1. The number of nitrogens with zero attached hydrogens (tertiary/aromatic N) is 3. The zero-order valence-electron chi connectivity index (χ0n) is 30.6. The molecule has 0 rings (SSSR count). The average molecular weight is 852 g/mol. The maximum Gasteiger partial charge on any atom is 1.00 e. The van der Waals surface area contributed by atoms with Crippen LogP contribution in [0.2, 0.25) is 0 Å². The van der Waals surface area contributed by atoms with E-state index in [2.05, 4.69) is 0 Å². The van der Waals surface area contributed by atoms with E-state index in [1.54, 1.807) is 4.90 Å². The van der Waals surface area contributed by atoms with Crippen LogP contribution in [0.1, 0.15) is 12.8 Å². The molecule has 0 aromatic heterocycles. The monoisotopic (exact) mass is 851 g/mol. The van der Waals surface area contributed by atoms with Crippen molar-refractivity contribution < 1.29 is 155 Å². The van der Waals surface area contributed by atoms with Crippen LogP contribution in [0.3, 0.4) is 0 Å². The summed E-state index contributed by atoms with van der Waals surface area (Å²) in [5.41, 5.74) is -2.74. The number of aliphatic hydroxyl groups excluding tert-OH is 7. The summed E-state index contributed by atoms with van der Waals surface area (Å²) in [6.07, 6.45) is -10.1. The zero-order valence-corrected chi connectivity index (χ0v) is 32.6. The Bertz CT molecular complexity index is 1110. The van der Waals surface area contributed by atoms with E-state index < -0.39 is 123 Å². The molecule has 29 heteroatoms. The molecule has 0 aromatic carbocycles. The molecule has 4 atom stereocenters. The van der Waals surface area contributed by atoms with Crippen LogP contribution in [0, 0.1) is 0 Å². The van der Waals surface area contributed by atoms with E-state index in [1.807, 2.05) is 0 Å². The molecule has 0 radical (unpaired) electrons. The predicted octanol–water partition coefficient (Wildman–Crippen LogP) is -12.2. The van der Waals surface area contributed by atoms with Crippen LogP contribution < -0.4 is 34.7 Å². The van der Waals surface area contributed by atoms with Gasteiger partial charge < -0.3 is 91.7 Å². The van der Waals surface area contributed by atoms with E-state index in [0.29, 0.717) is 19.6 Å². The first kappa shape index (κ1) is 62.5. The van der Waals surface area contributed by atoms with Gasteiger partial charge in [-0.25, -0.2) is 9.59 Å². The summed E-state index contributed by atoms with van der Waals surface area (Å²) < 4.78 is 0. The molecule has 0 saturated heterocycles. The molecule has 0 aromatic rings. The number of hydrogen-bond acceptors (Lipinski definition) is 20. The minimum Gasteiger partial charge on any atom is -0.854 e. The second-order valence-electron chi connectivity index (χ2n) is 11.0. The fraction of sp³-hybridized carbons (Fsp3) is 0.714. The molecule has 28 nitrogen and oxygen atoms in total. The van der Waals surface area contributed by atoms with Crippen LogP contribution in [0.4, 0.5) is 0 Å². The minimum atomic E-state index is -2.74. The summed E-state index contributed by atoms with van der Waals surface area (Å²) >= 11 is 0. The predicted molar refractivity (Wildman–Crippen MR) is 175 cm³/mol. The van der Waals surface area contributed by atoms with E-state index in [-0.39, 0.29) is 62.5 Å². The Morgan fingerprint density at radius 2 is 0.842 bits per heavy atom. The molecule has 0 heterocycles. The van der Waals surface area contributed by atoms with Gasteiger partial charge in [-0.05, 0) is 6.54 Å². The number of aliphatic carboxylic acids is 8. The molecular formula is C28H50N3NaO25. The van der Waals surface area contributed by atoms with Crippen LogP contribution in [0.25, 0.3) is 0 Å². The van der Waals surface area contributed by atoms with Crippen molar-refractivity contribution in [1.29, 1.82) is 0 Å². The first-order valence-corrected chi connectivity index (χ1v) is 15.5. The van der Waals surface area contributed by atoms with Crippen LogP contribution in [0.15, 0.2) is 0 Å². The van der Waals surface area contributed by atoms with E-state index in [0.717, 1.165) is 9.80 Å². The molecule has 0 saturated carbocycles. The first-order valence-electron chi connectivity index (χ1n) is 15.5. The van der Waals surface area contributed by atoms with Gasteiger partial charge in [0.2, 0.25) is 0 Å². The molecule has 0 spiro atoms. The molecule has 16 N–H and O–H groups in total. The number of hydrogen-bond donors (Lipinski definition) is 16. The van der Waals surface area contributed by atoms with Crippen molar-refractivity contribution in [2.45, 2.75) is 42.9 Å². The summed E-state index contributed by atoms with van der Waals surface area (Å²) in [5.74, 6) is -11.7.